The Morgan fingerprint density at radius 1 is 1.00 bits per heavy atom. The van der Waals surface area contributed by atoms with Crippen LogP contribution >= 0.6 is 0 Å². The van der Waals surface area contributed by atoms with Gasteiger partial charge in [0.2, 0.25) is 0 Å². The molecular formula is C17H21FN2. The summed E-state index contributed by atoms with van der Waals surface area (Å²) in [5.74, 6) is -0.202. The van der Waals surface area contributed by atoms with Gasteiger partial charge in [0.1, 0.15) is 5.82 Å². The van der Waals surface area contributed by atoms with Gasteiger partial charge in [0, 0.05) is 19.3 Å². The molecule has 0 aliphatic carbocycles. The predicted octanol–water partition coefficient (Wildman–Crippen LogP) is 4.09. The van der Waals surface area contributed by atoms with Crippen molar-refractivity contribution in [1.29, 1.82) is 0 Å². The summed E-state index contributed by atoms with van der Waals surface area (Å²) in [5.41, 5.74) is 2.79. The number of halogens is 1. The summed E-state index contributed by atoms with van der Waals surface area (Å²) >= 11 is 0. The van der Waals surface area contributed by atoms with Crippen LogP contribution in [0.4, 0.5) is 15.8 Å². The Morgan fingerprint density at radius 3 is 2.35 bits per heavy atom. The molecule has 0 aliphatic heterocycles. The SMILES string of the molecule is CCCNCc1ccccc1N(C)c1ccccc1F. The fourth-order valence-corrected chi connectivity index (χ4v) is 2.24. The van der Waals surface area contributed by atoms with E-state index < -0.39 is 0 Å². The van der Waals surface area contributed by atoms with Crippen LogP contribution in [0, 0.1) is 5.82 Å². The third-order valence-electron chi connectivity index (χ3n) is 3.31. The van der Waals surface area contributed by atoms with Gasteiger partial charge in [-0.05, 0) is 36.7 Å². The van der Waals surface area contributed by atoms with E-state index in [9.17, 15) is 4.39 Å². The monoisotopic (exact) mass is 272 g/mol. The average Bonchev–Trinajstić information content (AvgIpc) is 2.48. The average molecular weight is 272 g/mol. The number of rotatable bonds is 6. The lowest BCUT2D eigenvalue weighted by Gasteiger charge is -2.23. The highest BCUT2D eigenvalue weighted by Gasteiger charge is 2.11. The lowest BCUT2D eigenvalue weighted by atomic mass is 10.1. The maximum absolute atomic E-state index is 13.9. The minimum atomic E-state index is -0.202. The van der Waals surface area contributed by atoms with Crippen LogP contribution in [0.5, 0.6) is 0 Å². The largest absolute Gasteiger partial charge is 0.342 e. The molecule has 3 heteroatoms. The van der Waals surface area contributed by atoms with Gasteiger partial charge in [0.25, 0.3) is 0 Å². The Labute approximate surface area is 120 Å². The van der Waals surface area contributed by atoms with Gasteiger partial charge >= 0.3 is 0 Å². The first-order chi connectivity index (χ1) is 9.74. The van der Waals surface area contributed by atoms with Crippen molar-refractivity contribution in [2.75, 3.05) is 18.5 Å². The number of benzene rings is 2. The van der Waals surface area contributed by atoms with Crippen molar-refractivity contribution in [1.82, 2.24) is 5.32 Å². The number of anilines is 2. The van der Waals surface area contributed by atoms with Crippen LogP contribution in [0.1, 0.15) is 18.9 Å². The molecule has 0 atom stereocenters. The first-order valence-electron chi connectivity index (χ1n) is 7.01. The number of nitrogens with zero attached hydrogens (tertiary/aromatic N) is 1. The van der Waals surface area contributed by atoms with Crippen LogP contribution in [0.2, 0.25) is 0 Å². The molecule has 0 unspecified atom stereocenters. The van der Waals surface area contributed by atoms with Gasteiger partial charge in [-0.25, -0.2) is 4.39 Å². The molecule has 20 heavy (non-hydrogen) atoms. The van der Waals surface area contributed by atoms with Crippen molar-refractivity contribution < 1.29 is 4.39 Å². The van der Waals surface area contributed by atoms with Crippen LogP contribution < -0.4 is 10.2 Å². The number of hydrogen-bond acceptors (Lipinski definition) is 2. The van der Waals surface area contributed by atoms with E-state index in [1.165, 1.54) is 11.6 Å². The van der Waals surface area contributed by atoms with E-state index in [1.807, 2.05) is 36.2 Å². The third-order valence-corrected chi connectivity index (χ3v) is 3.31. The second-order valence-electron chi connectivity index (χ2n) is 4.82. The lowest BCUT2D eigenvalue weighted by molar-refractivity contribution is 0.627. The molecule has 0 spiro atoms. The maximum Gasteiger partial charge on any atom is 0.146 e. The van der Waals surface area contributed by atoms with E-state index in [1.54, 1.807) is 12.1 Å². The molecule has 0 aliphatic rings. The summed E-state index contributed by atoms with van der Waals surface area (Å²) < 4.78 is 13.9. The first kappa shape index (κ1) is 14.5. The highest BCUT2D eigenvalue weighted by Crippen LogP contribution is 2.28. The second-order valence-corrected chi connectivity index (χ2v) is 4.82. The summed E-state index contributed by atoms with van der Waals surface area (Å²) in [6, 6.07) is 15.0. The van der Waals surface area contributed by atoms with Crippen LogP contribution in [-0.4, -0.2) is 13.6 Å². The van der Waals surface area contributed by atoms with Gasteiger partial charge in [0.15, 0.2) is 0 Å². The van der Waals surface area contributed by atoms with Crippen LogP contribution in [0.15, 0.2) is 48.5 Å². The molecule has 1 N–H and O–H groups in total. The van der Waals surface area contributed by atoms with Crippen molar-refractivity contribution in [2.24, 2.45) is 0 Å². The molecule has 0 saturated carbocycles. The van der Waals surface area contributed by atoms with E-state index in [4.69, 9.17) is 0 Å². The standard InChI is InChI=1S/C17H21FN2/c1-3-12-19-13-14-8-4-6-10-16(14)20(2)17-11-7-5-9-15(17)18/h4-11,19H,3,12-13H2,1-2H3. The Kier molecular flexibility index (Phi) is 5.13. The normalized spacial score (nSPS) is 10.6. The zero-order chi connectivity index (χ0) is 14.4. The number of hydrogen-bond donors (Lipinski definition) is 1. The molecule has 0 heterocycles. The first-order valence-corrected chi connectivity index (χ1v) is 7.01. The summed E-state index contributed by atoms with van der Waals surface area (Å²) in [6.07, 6.45) is 1.10. The minimum Gasteiger partial charge on any atom is -0.342 e. The van der Waals surface area contributed by atoms with Crippen LogP contribution in [-0.2, 0) is 6.54 Å². The smallest absolute Gasteiger partial charge is 0.146 e. The number of para-hydroxylation sites is 2. The van der Waals surface area contributed by atoms with E-state index in [0.717, 1.165) is 25.2 Å². The summed E-state index contributed by atoms with van der Waals surface area (Å²) in [4.78, 5) is 1.90. The molecule has 0 saturated heterocycles. The van der Waals surface area contributed by atoms with Crippen LogP contribution in [0.3, 0.4) is 0 Å². The molecule has 0 bridgehead atoms. The van der Waals surface area contributed by atoms with Crippen molar-refractivity contribution in [2.45, 2.75) is 19.9 Å². The Bertz CT molecular complexity index is 554. The molecule has 2 nitrogen and oxygen atoms in total. The quantitative estimate of drug-likeness (QED) is 0.797. The molecule has 2 aromatic rings. The Hall–Kier alpha value is -1.87. The lowest BCUT2D eigenvalue weighted by Crippen LogP contribution is -2.18. The summed E-state index contributed by atoms with van der Waals surface area (Å²) in [5, 5.41) is 3.39. The van der Waals surface area contributed by atoms with E-state index in [-0.39, 0.29) is 5.82 Å². The minimum absolute atomic E-state index is 0.202. The van der Waals surface area contributed by atoms with E-state index >= 15 is 0 Å². The van der Waals surface area contributed by atoms with Gasteiger partial charge in [-0.15, -0.1) is 0 Å². The molecule has 2 rings (SSSR count). The molecule has 0 fully saturated rings. The zero-order valence-corrected chi connectivity index (χ0v) is 12.1. The van der Waals surface area contributed by atoms with Gasteiger partial charge in [-0.3, -0.25) is 0 Å². The topological polar surface area (TPSA) is 15.3 Å². The van der Waals surface area contributed by atoms with Crippen molar-refractivity contribution in [3.63, 3.8) is 0 Å². The Morgan fingerprint density at radius 2 is 1.65 bits per heavy atom. The summed E-state index contributed by atoms with van der Waals surface area (Å²) in [7, 11) is 1.90. The highest BCUT2D eigenvalue weighted by molar-refractivity contribution is 5.66. The molecule has 2 aromatic carbocycles. The van der Waals surface area contributed by atoms with Crippen molar-refractivity contribution in [3.8, 4) is 0 Å². The maximum atomic E-state index is 13.9. The van der Waals surface area contributed by atoms with Gasteiger partial charge in [-0.1, -0.05) is 37.3 Å². The van der Waals surface area contributed by atoms with Crippen LogP contribution in [0.25, 0.3) is 0 Å². The molecule has 106 valence electrons. The van der Waals surface area contributed by atoms with E-state index in [2.05, 4.69) is 18.3 Å². The zero-order valence-electron chi connectivity index (χ0n) is 12.1. The molecule has 0 amide bonds. The molecule has 0 aromatic heterocycles. The second kappa shape index (κ2) is 7.06. The van der Waals surface area contributed by atoms with E-state index in [0.29, 0.717) is 5.69 Å². The third kappa shape index (κ3) is 3.36. The summed E-state index contributed by atoms with van der Waals surface area (Å²) in [6.45, 7) is 3.92. The fourth-order valence-electron chi connectivity index (χ4n) is 2.24. The van der Waals surface area contributed by atoms with Crippen molar-refractivity contribution >= 4 is 11.4 Å². The van der Waals surface area contributed by atoms with Gasteiger partial charge in [-0.2, -0.15) is 0 Å². The van der Waals surface area contributed by atoms with Gasteiger partial charge in [0.05, 0.1) is 5.69 Å². The van der Waals surface area contributed by atoms with Crippen molar-refractivity contribution in [3.05, 3.63) is 59.9 Å². The Balaban J connectivity index is 2.25. The fraction of sp³-hybridized carbons (Fsp3) is 0.294. The highest BCUT2D eigenvalue weighted by atomic mass is 19.1. The van der Waals surface area contributed by atoms with Gasteiger partial charge < -0.3 is 10.2 Å². The number of nitrogens with one attached hydrogen (secondary N) is 1. The predicted molar refractivity (Wildman–Crippen MR) is 82.9 cm³/mol. The molecular weight excluding hydrogens is 251 g/mol. The molecule has 0 radical (unpaired) electrons.